The van der Waals surface area contributed by atoms with Gasteiger partial charge in [-0.3, -0.25) is 9.59 Å². The number of hydrogen-bond donors (Lipinski definition) is 3. The van der Waals surface area contributed by atoms with Gasteiger partial charge in [-0.15, -0.1) is 0 Å². The van der Waals surface area contributed by atoms with E-state index in [1.165, 1.54) is 6.20 Å². The third kappa shape index (κ3) is 3.19. The van der Waals surface area contributed by atoms with E-state index in [-0.39, 0.29) is 11.9 Å². The Bertz CT molecular complexity index is 454. The van der Waals surface area contributed by atoms with E-state index in [4.69, 9.17) is 5.73 Å². The lowest BCUT2D eigenvalue weighted by Crippen LogP contribution is -2.38. The first kappa shape index (κ1) is 12.3. The lowest BCUT2D eigenvalue weighted by Gasteiger charge is -2.14. The highest BCUT2D eigenvalue weighted by molar-refractivity contribution is 5.92. The van der Waals surface area contributed by atoms with Gasteiger partial charge in [-0.25, -0.2) is 4.98 Å². The number of carbonyl (C=O) groups excluding carboxylic acids is 2. The minimum Gasteiger partial charge on any atom is -0.366 e. The number of pyridine rings is 1. The smallest absolute Gasteiger partial charge is 0.250 e. The molecule has 1 aliphatic rings. The van der Waals surface area contributed by atoms with E-state index in [0.717, 1.165) is 12.8 Å². The molecular weight excluding hydrogens is 232 g/mol. The zero-order valence-electron chi connectivity index (χ0n) is 10.1. The Hall–Kier alpha value is -2.11. The van der Waals surface area contributed by atoms with Crippen molar-refractivity contribution in [1.82, 2.24) is 10.3 Å². The molecule has 2 rings (SSSR count). The number of nitrogens with zero attached hydrogens (tertiary/aromatic N) is 1. The minimum absolute atomic E-state index is 0.0433. The molecule has 1 atom stereocenters. The average Bonchev–Trinajstić information content (AvgIpc) is 3.13. The molecule has 0 aliphatic heterocycles. The highest BCUT2D eigenvalue weighted by atomic mass is 16.2. The number of hydrogen-bond acceptors (Lipinski definition) is 4. The summed E-state index contributed by atoms with van der Waals surface area (Å²) in [6.45, 7) is 1.77. The zero-order valence-corrected chi connectivity index (χ0v) is 10.1. The molecule has 1 saturated carbocycles. The van der Waals surface area contributed by atoms with Crippen LogP contribution in [0.2, 0.25) is 0 Å². The fourth-order valence-corrected chi connectivity index (χ4v) is 1.47. The van der Waals surface area contributed by atoms with Crippen molar-refractivity contribution in [3.63, 3.8) is 0 Å². The summed E-state index contributed by atoms with van der Waals surface area (Å²) >= 11 is 0. The van der Waals surface area contributed by atoms with Gasteiger partial charge in [0.05, 0.1) is 5.56 Å². The molecule has 0 radical (unpaired) electrons. The average molecular weight is 248 g/mol. The standard InChI is InChI=1S/C12H16N4O2/c1-7(12(18)16-9-3-4-9)15-10-5-2-8(6-14-10)11(13)17/h2,5-7,9H,3-4H2,1H3,(H2,13,17)(H,14,15)(H,16,18). The van der Waals surface area contributed by atoms with Gasteiger partial charge >= 0.3 is 0 Å². The molecule has 2 amide bonds. The summed E-state index contributed by atoms with van der Waals surface area (Å²) in [4.78, 5) is 26.6. The number of anilines is 1. The van der Waals surface area contributed by atoms with Crippen LogP contribution in [0.4, 0.5) is 5.82 Å². The first-order valence-corrected chi connectivity index (χ1v) is 5.89. The van der Waals surface area contributed by atoms with E-state index in [1.807, 2.05) is 0 Å². The van der Waals surface area contributed by atoms with Crippen molar-refractivity contribution in [3.8, 4) is 0 Å². The van der Waals surface area contributed by atoms with Crippen molar-refractivity contribution in [2.24, 2.45) is 5.73 Å². The van der Waals surface area contributed by atoms with Gasteiger partial charge in [0, 0.05) is 12.2 Å². The number of nitrogens with one attached hydrogen (secondary N) is 2. The van der Waals surface area contributed by atoms with Crippen LogP contribution in [0.1, 0.15) is 30.1 Å². The Morgan fingerprint density at radius 2 is 2.17 bits per heavy atom. The fraction of sp³-hybridized carbons (Fsp3) is 0.417. The van der Waals surface area contributed by atoms with Crippen LogP contribution in [0.15, 0.2) is 18.3 Å². The van der Waals surface area contributed by atoms with Crippen LogP contribution in [0.3, 0.4) is 0 Å². The molecule has 0 spiro atoms. The van der Waals surface area contributed by atoms with E-state index in [2.05, 4.69) is 15.6 Å². The first-order valence-electron chi connectivity index (χ1n) is 5.89. The summed E-state index contributed by atoms with van der Waals surface area (Å²) in [6, 6.07) is 3.17. The third-order valence-corrected chi connectivity index (χ3v) is 2.73. The van der Waals surface area contributed by atoms with Crippen molar-refractivity contribution in [2.75, 3.05) is 5.32 Å². The SMILES string of the molecule is CC(Nc1ccc(C(N)=O)cn1)C(=O)NC1CC1. The van der Waals surface area contributed by atoms with Crippen molar-refractivity contribution < 1.29 is 9.59 Å². The van der Waals surface area contributed by atoms with Gasteiger partial charge in [0.25, 0.3) is 0 Å². The molecular formula is C12H16N4O2. The Morgan fingerprint density at radius 3 is 2.67 bits per heavy atom. The van der Waals surface area contributed by atoms with E-state index in [9.17, 15) is 9.59 Å². The molecule has 96 valence electrons. The summed E-state index contributed by atoms with van der Waals surface area (Å²) < 4.78 is 0. The quantitative estimate of drug-likeness (QED) is 0.696. The Kier molecular flexibility index (Phi) is 3.45. The second kappa shape index (κ2) is 5.03. The Morgan fingerprint density at radius 1 is 1.44 bits per heavy atom. The van der Waals surface area contributed by atoms with Gasteiger partial charge in [0.2, 0.25) is 11.8 Å². The highest BCUT2D eigenvalue weighted by Crippen LogP contribution is 2.18. The maximum absolute atomic E-state index is 11.7. The summed E-state index contributed by atoms with van der Waals surface area (Å²) in [5.41, 5.74) is 5.45. The van der Waals surface area contributed by atoms with Gasteiger partial charge in [-0.1, -0.05) is 0 Å². The molecule has 18 heavy (non-hydrogen) atoms. The molecule has 1 aromatic rings. The van der Waals surface area contributed by atoms with Crippen LogP contribution in [-0.4, -0.2) is 28.9 Å². The lowest BCUT2D eigenvalue weighted by atomic mass is 10.2. The van der Waals surface area contributed by atoms with Gasteiger partial charge < -0.3 is 16.4 Å². The molecule has 6 heteroatoms. The molecule has 0 saturated heterocycles. The topological polar surface area (TPSA) is 97.1 Å². The maximum Gasteiger partial charge on any atom is 0.250 e. The molecule has 1 aliphatic carbocycles. The van der Waals surface area contributed by atoms with Gasteiger partial charge in [-0.05, 0) is 31.9 Å². The molecule has 1 aromatic heterocycles. The van der Waals surface area contributed by atoms with E-state index >= 15 is 0 Å². The number of primary amides is 1. The highest BCUT2D eigenvalue weighted by Gasteiger charge is 2.25. The maximum atomic E-state index is 11.7. The van der Waals surface area contributed by atoms with E-state index < -0.39 is 5.91 Å². The lowest BCUT2D eigenvalue weighted by molar-refractivity contribution is -0.121. The zero-order chi connectivity index (χ0) is 13.1. The van der Waals surface area contributed by atoms with Gasteiger partial charge in [-0.2, -0.15) is 0 Å². The molecule has 1 fully saturated rings. The number of rotatable bonds is 5. The second-order valence-corrected chi connectivity index (χ2v) is 4.45. The van der Waals surface area contributed by atoms with Crippen molar-refractivity contribution in [2.45, 2.75) is 31.8 Å². The molecule has 0 aromatic carbocycles. The monoisotopic (exact) mass is 248 g/mol. The predicted octanol–water partition coefficient (Wildman–Crippen LogP) is 0.259. The van der Waals surface area contributed by atoms with Crippen LogP contribution in [0, 0.1) is 0 Å². The van der Waals surface area contributed by atoms with E-state index in [1.54, 1.807) is 19.1 Å². The predicted molar refractivity (Wildman–Crippen MR) is 67.0 cm³/mol. The third-order valence-electron chi connectivity index (χ3n) is 2.73. The van der Waals surface area contributed by atoms with Crippen LogP contribution in [-0.2, 0) is 4.79 Å². The first-order chi connectivity index (χ1) is 8.56. The Balaban J connectivity index is 1.91. The summed E-state index contributed by atoms with van der Waals surface area (Å²) in [6.07, 6.45) is 3.50. The van der Waals surface area contributed by atoms with Crippen LogP contribution < -0.4 is 16.4 Å². The molecule has 4 N–H and O–H groups in total. The van der Waals surface area contributed by atoms with Crippen molar-refractivity contribution >= 4 is 17.6 Å². The number of amides is 2. The van der Waals surface area contributed by atoms with Crippen LogP contribution in [0.5, 0.6) is 0 Å². The second-order valence-electron chi connectivity index (χ2n) is 4.45. The normalized spacial score (nSPS) is 15.8. The molecule has 0 bridgehead atoms. The van der Waals surface area contributed by atoms with Crippen LogP contribution >= 0.6 is 0 Å². The Labute approximate surface area is 105 Å². The molecule has 1 heterocycles. The van der Waals surface area contributed by atoms with Crippen molar-refractivity contribution in [3.05, 3.63) is 23.9 Å². The number of nitrogens with two attached hydrogens (primary N) is 1. The molecule has 6 nitrogen and oxygen atoms in total. The van der Waals surface area contributed by atoms with Gasteiger partial charge in [0.15, 0.2) is 0 Å². The van der Waals surface area contributed by atoms with Crippen molar-refractivity contribution in [1.29, 1.82) is 0 Å². The van der Waals surface area contributed by atoms with E-state index in [0.29, 0.717) is 17.4 Å². The summed E-state index contributed by atoms with van der Waals surface area (Å²) in [5, 5.41) is 5.87. The van der Waals surface area contributed by atoms with Crippen LogP contribution in [0.25, 0.3) is 0 Å². The largest absolute Gasteiger partial charge is 0.366 e. The fourth-order valence-electron chi connectivity index (χ4n) is 1.47. The number of carbonyl (C=O) groups is 2. The minimum atomic E-state index is -0.520. The molecule has 1 unspecified atom stereocenters. The summed E-state index contributed by atoms with van der Waals surface area (Å²) in [5.74, 6) is -0.0229. The van der Waals surface area contributed by atoms with Gasteiger partial charge in [0.1, 0.15) is 11.9 Å². The summed E-state index contributed by atoms with van der Waals surface area (Å²) in [7, 11) is 0. The number of aromatic nitrogens is 1.